The highest BCUT2D eigenvalue weighted by Crippen LogP contribution is 2.28. The highest BCUT2D eigenvalue weighted by molar-refractivity contribution is 7.15. The van der Waals surface area contributed by atoms with Gasteiger partial charge in [0, 0.05) is 17.3 Å². The van der Waals surface area contributed by atoms with Crippen LogP contribution in [0.1, 0.15) is 11.1 Å². The second kappa shape index (κ2) is 7.23. The van der Waals surface area contributed by atoms with Crippen LogP contribution in [0.3, 0.4) is 0 Å². The van der Waals surface area contributed by atoms with Crippen LogP contribution in [0.25, 0.3) is 28.0 Å². The summed E-state index contributed by atoms with van der Waals surface area (Å²) in [5.41, 5.74) is 4.33. The highest BCUT2D eigenvalue weighted by atomic mass is 32.1. The van der Waals surface area contributed by atoms with Crippen molar-refractivity contribution in [1.29, 1.82) is 0 Å². The van der Waals surface area contributed by atoms with Crippen molar-refractivity contribution in [2.24, 2.45) is 0 Å². The van der Waals surface area contributed by atoms with E-state index >= 15 is 0 Å². The van der Waals surface area contributed by atoms with E-state index in [0.29, 0.717) is 9.49 Å². The number of rotatable bonds is 4. The van der Waals surface area contributed by atoms with Gasteiger partial charge in [-0.25, -0.2) is 9.67 Å². The van der Waals surface area contributed by atoms with Crippen molar-refractivity contribution in [2.75, 3.05) is 7.11 Å². The Balaban J connectivity index is 1.72. The first kappa shape index (κ1) is 18.3. The lowest BCUT2D eigenvalue weighted by Gasteiger charge is -2.06. The molecule has 0 aliphatic rings. The summed E-state index contributed by atoms with van der Waals surface area (Å²) in [5.74, 6) is 0.819. The molecule has 0 fully saturated rings. The molecule has 0 radical (unpaired) electrons. The third-order valence-electron chi connectivity index (χ3n) is 4.84. The summed E-state index contributed by atoms with van der Waals surface area (Å²) in [7, 11) is 1.66. The zero-order chi connectivity index (χ0) is 20.7. The Labute approximate surface area is 175 Å². The first-order valence-electron chi connectivity index (χ1n) is 9.28. The molecular formula is C22H17N5O2S. The van der Waals surface area contributed by atoms with Crippen LogP contribution < -0.4 is 14.8 Å². The molecule has 3 heterocycles. The van der Waals surface area contributed by atoms with E-state index < -0.39 is 0 Å². The van der Waals surface area contributed by atoms with Crippen molar-refractivity contribution < 1.29 is 4.74 Å². The van der Waals surface area contributed by atoms with Gasteiger partial charge in [-0.15, -0.1) is 0 Å². The molecule has 2 aromatic carbocycles. The van der Waals surface area contributed by atoms with Crippen molar-refractivity contribution in [3.8, 4) is 22.7 Å². The summed E-state index contributed by atoms with van der Waals surface area (Å²) in [4.78, 5) is 17.3. The number of ether oxygens (including phenoxy) is 1. The van der Waals surface area contributed by atoms with Crippen LogP contribution in [0.4, 0.5) is 0 Å². The number of para-hydroxylation sites is 1. The van der Waals surface area contributed by atoms with Crippen LogP contribution in [0.5, 0.6) is 5.75 Å². The Morgan fingerprint density at radius 2 is 1.97 bits per heavy atom. The molecule has 5 aromatic rings. The van der Waals surface area contributed by atoms with Crippen molar-refractivity contribution in [3.05, 3.63) is 87.1 Å². The molecule has 0 aliphatic carbocycles. The van der Waals surface area contributed by atoms with Gasteiger partial charge in [0.05, 0.1) is 17.3 Å². The van der Waals surface area contributed by atoms with Crippen LogP contribution >= 0.6 is 11.3 Å². The van der Waals surface area contributed by atoms with E-state index in [4.69, 9.17) is 9.84 Å². The second-order valence-corrected chi connectivity index (χ2v) is 7.78. The summed E-state index contributed by atoms with van der Waals surface area (Å²) in [6.45, 7) is 2.00. The van der Waals surface area contributed by atoms with Crippen LogP contribution in [0, 0.1) is 6.92 Å². The van der Waals surface area contributed by atoms with Gasteiger partial charge in [0.25, 0.3) is 5.56 Å². The Hall–Kier alpha value is -3.78. The fourth-order valence-corrected chi connectivity index (χ4v) is 4.25. The number of methoxy groups -OCH3 is 1. The Morgan fingerprint density at radius 1 is 1.13 bits per heavy atom. The standard InChI is InChI=1S/C22H17N5O2S/c1-14-10-15(8-9-18(14)29-2)20-16(12-26(25-20)17-6-4-3-5-7-17)11-19-21(28)27-22(30-19)23-13-24-27/h3-13H,1-2H3. The fraction of sp³-hybridized carbons (Fsp3) is 0.0909. The maximum atomic E-state index is 12.7. The van der Waals surface area contributed by atoms with Gasteiger partial charge in [-0.3, -0.25) is 4.79 Å². The Kier molecular flexibility index (Phi) is 4.40. The van der Waals surface area contributed by atoms with E-state index in [1.54, 1.807) is 7.11 Å². The van der Waals surface area contributed by atoms with Gasteiger partial charge < -0.3 is 4.74 Å². The number of thiazole rings is 1. The van der Waals surface area contributed by atoms with Gasteiger partial charge >= 0.3 is 0 Å². The molecule has 30 heavy (non-hydrogen) atoms. The topological polar surface area (TPSA) is 74.3 Å². The molecule has 0 aliphatic heterocycles. The minimum absolute atomic E-state index is 0.183. The summed E-state index contributed by atoms with van der Waals surface area (Å²) < 4.78 is 9.08. The Morgan fingerprint density at radius 3 is 2.70 bits per heavy atom. The monoisotopic (exact) mass is 415 g/mol. The molecule has 0 amide bonds. The quantitative estimate of drug-likeness (QED) is 0.451. The van der Waals surface area contributed by atoms with E-state index in [2.05, 4.69) is 10.1 Å². The third kappa shape index (κ3) is 3.07. The normalized spacial score (nSPS) is 12.0. The molecule has 0 bridgehead atoms. The van der Waals surface area contributed by atoms with Crippen molar-refractivity contribution in [2.45, 2.75) is 6.92 Å². The minimum Gasteiger partial charge on any atom is -0.496 e. The number of hydrogen-bond donors (Lipinski definition) is 0. The molecule has 0 atom stereocenters. The molecule has 3 aromatic heterocycles. The number of aromatic nitrogens is 5. The first-order valence-corrected chi connectivity index (χ1v) is 10.1. The van der Waals surface area contributed by atoms with Gasteiger partial charge in [-0.2, -0.15) is 14.7 Å². The molecule has 148 valence electrons. The number of hydrogen-bond acceptors (Lipinski definition) is 6. The fourth-order valence-electron chi connectivity index (χ4n) is 3.37. The summed E-state index contributed by atoms with van der Waals surface area (Å²) >= 11 is 1.31. The number of nitrogens with zero attached hydrogens (tertiary/aromatic N) is 5. The van der Waals surface area contributed by atoms with Gasteiger partial charge in [-0.05, 0) is 48.9 Å². The molecule has 0 N–H and O–H groups in total. The van der Waals surface area contributed by atoms with E-state index in [-0.39, 0.29) is 5.56 Å². The lowest BCUT2D eigenvalue weighted by atomic mass is 10.0. The maximum absolute atomic E-state index is 12.7. The van der Waals surface area contributed by atoms with Crippen LogP contribution in [0.2, 0.25) is 0 Å². The lowest BCUT2D eigenvalue weighted by molar-refractivity contribution is 0.412. The van der Waals surface area contributed by atoms with Gasteiger partial charge in [0.1, 0.15) is 17.8 Å². The number of fused-ring (bicyclic) bond motifs is 1. The summed E-state index contributed by atoms with van der Waals surface area (Å²) in [6, 6.07) is 15.8. The molecule has 8 heteroatoms. The van der Waals surface area contributed by atoms with Crippen molar-refractivity contribution in [3.63, 3.8) is 0 Å². The maximum Gasteiger partial charge on any atom is 0.291 e. The largest absolute Gasteiger partial charge is 0.496 e. The Bertz CT molecular complexity index is 1470. The van der Waals surface area contributed by atoms with Crippen molar-refractivity contribution >= 4 is 22.4 Å². The van der Waals surface area contributed by atoms with Crippen LogP contribution in [-0.2, 0) is 0 Å². The molecule has 0 saturated heterocycles. The zero-order valence-electron chi connectivity index (χ0n) is 16.3. The number of benzene rings is 2. The predicted molar refractivity (Wildman–Crippen MR) is 116 cm³/mol. The zero-order valence-corrected chi connectivity index (χ0v) is 17.1. The SMILES string of the molecule is COc1ccc(-c2nn(-c3ccccc3)cc2C=c2sc3ncnn3c2=O)cc1C. The molecule has 7 nitrogen and oxygen atoms in total. The predicted octanol–water partition coefficient (Wildman–Crippen LogP) is 2.87. The van der Waals surface area contributed by atoms with Crippen LogP contribution in [0.15, 0.2) is 65.8 Å². The summed E-state index contributed by atoms with van der Waals surface area (Å²) in [5, 5.41) is 8.82. The van der Waals surface area contributed by atoms with Crippen molar-refractivity contribution in [1.82, 2.24) is 24.4 Å². The average Bonchev–Trinajstić information content (AvgIpc) is 3.46. The molecule has 0 unspecified atom stereocenters. The summed E-state index contributed by atoms with van der Waals surface area (Å²) in [6.07, 6.45) is 5.17. The van der Waals surface area contributed by atoms with Gasteiger partial charge in [0.2, 0.25) is 4.96 Å². The van der Waals surface area contributed by atoms with Gasteiger partial charge in [-0.1, -0.05) is 29.5 Å². The second-order valence-electron chi connectivity index (χ2n) is 6.77. The minimum atomic E-state index is -0.183. The first-order chi connectivity index (χ1) is 14.6. The van der Waals surface area contributed by atoms with E-state index in [9.17, 15) is 4.79 Å². The molecule has 5 rings (SSSR count). The van der Waals surface area contributed by atoms with Crippen LogP contribution in [-0.4, -0.2) is 31.5 Å². The third-order valence-corrected chi connectivity index (χ3v) is 5.81. The number of aryl methyl sites for hydroxylation is 1. The lowest BCUT2D eigenvalue weighted by Crippen LogP contribution is -2.23. The molecular weight excluding hydrogens is 398 g/mol. The van der Waals surface area contributed by atoms with E-state index in [1.165, 1.54) is 22.2 Å². The van der Waals surface area contributed by atoms with E-state index in [1.807, 2.05) is 72.4 Å². The van der Waals surface area contributed by atoms with Gasteiger partial charge in [0.15, 0.2) is 0 Å². The molecule has 0 spiro atoms. The molecule has 0 saturated carbocycles. The van der Waals surface area contributed by atoms with E-state index in [0.717, 1.165) is 33.8 Å². The smallest absolute Gasteiger partial charge is 0.291 e. The highest BCUT2D eigenvalue weighted by Gasteiger charge is 2.14. The average molecular weight is 415 g/mol.